The molecule has 1 aromatic rings. The summed E-state index contributed by atoms with van der Waals surface area (Å²) in [7, 11) is 3.94. The van der Waals surface area contributed by atoms with Crippen LogP contribution in [0.3, 0.4) is 0 Å². The average molecular weight is 375 g/mol. The summed E-state index contributed by atoms with van der Waals surface area (Å²) in [5, 5.41) is 2.89. The number of anilines is 2. The Hall–Kier alpha value is -2.08. The maximum absolute atomic E-state index is 12.1. The summed E-state index contributed by atoms with van der Waals surface area (Å²) in [5.74, 6) is 0.732. The molecule has 0 bridgehead atoms. The van der Waals surface area contributed by atoms with Gasteiger partial charge in [-0.15, -0.1) is 0 Å². The fourth-order valence-corrected chi connectivity index (χ4v) is 3.30. The van der Waals surface area contributed by atoms with Crippen LogP contribution < -0.4 is 15.1 Å². The van der Waals surface area contributed by atoms with E-state index in [1.165, 1.54) is 18.5 Å². The predicted molar refractivity (Wildman–Crippen MR) is 111 cm³/mol. The lowest BCUT2D eigenvalue weighted by Gasteiger charge is -2.32. The Balaban J connectivity index is 1.90. The molecule has 1 aliphatic rings. The van der Waals surface area contributed by atoms with Gasteiger partial charge in [-0.2, -0.15) is 0 Å². The van der Waals surface area contributed by atoms with Crippen molar-refractivity contribution in [2.75, 3.05) is 56.6 Å². The van der Waals surface area contributed by atoms with Crippen molar-refractivity contribution in [3.05, 3.63) is 24.3 Å². The fraction of sp³-hybridized carbons (Fsp3) is 0.619. The third-order valence-electron chi connectivity index (χ3n) is 5.13. The average Bonchev–Trinajstić information content (AvgIpc) is 2.62. The van der Waals surface area contributed by atoms with Crippen LogP contribution in [0.5, 0.6) is 0 Å². The first-order valence-corrected chi connectivity index (χ1v) is 9.91. The first-order chi connectivity index (χ1) is 12.9. The molecule has 1 aliphatic heterocycles. The van der Waals surface area contributed by atoms with E-state index < -0.39 is 0 Å². The van der Waals surface area contributed by atoms with Crippen molar-refractivity contribution in [1.82, 2.24) is 10.2 Å². The fourth-order valence-electron chi connectivity index (χ4n) is 3.30. The topological polar surface area (TPSA) is 55.9 Å². The van der Waals surface area contributed by atoms with E-state index >= 15 is 0 Å². The normalized spacial score (nSPS) is 15.1. The van der Waals surface area contributed by atoms with Crippen molar-refractivity contribution in [3.63, 3.8) is 0 Å². The Bertz CT molecular complexity index is 607. The van der Waals surface area contributed by atoms with Crippen LogP contribution in [-0.2, 0) is 9.59 Å². The molecule has 2 rings (SSSR count). The number of piperidine rings is 1. The minimum atomic E-state index is -0.0457. The van der Waals surface area contributed by atoms with E-state index in [2.05, 4.69) is 29.3 Å². The monoisotopic (exact) mass is 374 g/mol. The van der Waals surface area contributed by atoms with Gasteiger partial charge in [0.1, 0.15) is 0 Å². The van der Waals surface area contributed by atoms with Gasteiger partial charge in [0, 0.05) is 57.4 Å². The highest BCUT2D eigenvalue weighted by Gasteiger charge is 2.17. The van der Waals surface area contributed by atoms with E-state index in [1.54, 1.807) is 11.8 Å². The molecule has 0 aliphatic carbocycles. The Kier molecular flexibility index (Phi) is 8.10. The molecule has 1 heterocycles. The highest BCUT2D eigenvalue weighted by molar-refractivity contribution is 5.92. The molecule has 2 amide bonds. The van der Waals surface area contributed by atoms with Crippen molar-refractivity contribution in [1.29, 1.82) is 0 Å². The molecule has 1 fully saturated rings. The van der Waals surface area contributed by atoms with Crippen LogP contribution in [0.25, 0.3) is 0 Å². The number of likely N-dealkylation sites (N-methyl/N-ethyl adjacent to an activating group) is 1. The number of nitrogens with zero attached hydrogens (tertiary/aromatic N) is 3. The SMILES string of the molecule is CC(=O)N(CCC(=O)NCCN(C)C)c1ccc(N2CCC(C)CC2)cc1. The van der Waals surface area contributed by atoms with Crippen LogP contribution in [0.1, 0.15) is 33.1 Å². The number of benzene rings is 1. The van der Waals surface area contributed by atoms with E-state index in [0.29, 0.717) is 19.5 Å². The van der Waals surface area contributed by atoms with Crippen LogP contribution in [-0.4, -0.2) is 63.5 Å². The zero-order valence-corrected chi connectivity index (χ0v) is 17.2. The molecule has 6 nitrogen and oxygen atoms in total. The van der Waals surface area contributed by atoms with Crippen molar-refractivity contribution >= 4 is 23.2 Å². The minimum absolute atomic E-state index is 0.0258. The van der Waals surface area contributed by atoms with Crippen LogP contribution in [0, 0.1) is 5.92 Å². The number of amides is 2. The Labute approximate surface area is 163 Å². The molecule has 0 aromatic heterocycles. The van der Waals surface area contributed by atoms with Crippen LogP contribution in [0.4, 0.5) is 11.4 Å². The van der Waals surface area contributed by atoms with Gasteiger partial charge in [0.15, 0.2) is 0 Å². The molecule has 0 saturated carbocycles. The lowest BCUT2D eigenvalue weighted by Crippen LogP contribution is -2.36. The molecular formula is C21H34N4O2. The van der Waals surface area contributed by atoms with Gasteiger partial charge < -0.3 is 20.0 Å². The number of nitrogens with one attached hydrogen (secondary N) is 1. The molecule has 27 heavy (non-hydrogen) atoms. The number of hydrogen-bond donors (Lipinski definition) is 1. The molecule has 1 N–H and O–H groups in total. The highest BCUT2D eigenvalue weighted by Crippen LogP contribution is 2.25. The zero-order chi connectivity index (χ0) is 19.8. The molecule has 0 atom stereocenters. The van der Waals surface area contributed by atoms with Crippen molar-refractivity contribution < 1.29 is 9.59 Å². The molecule has 0 unspecified atom stereocenters. The highest BCUT2D eigenvalue weighted by atomic mass is 16.2. The predicted octanol–water partition coefficient (Wildman–Crippen LogP) is 2.34. The number of hydrogen-bond acceptors (Lipinski definition) is 4. The van der Waals surface area contributed by atoms with Crippen molar-refractivity contribution in [2.24, 2.45) is 5.92 Å². The van der Waals surface area contributed by atoms with Crippen molar-refractivity contribution in [2.45, 2.75) is 33.1 Å². The Morgan fingerprint density at radius 1 is 1.11 bits per heavy atom. The van der Waals surface area contributed by atoms with Gasteiger partial charge in [0.05, 0.1) is 0 Å². The van der Waals surface area contributed by atoms with Gasteiger partial charge in [-0.25, -0.2) is 0 Å². The van der Waals surface area contributed by atoms with Gasteiger partial charge in [-0.05, 0) is 57.1 Å². The van der Waals surface area contributed by atoms with Crippen molar-refractivity contribution in [3.8, 4) is 0 Å². The molecule has 1 saturated heterocycles. The first-order valence-electron chi connectivity index (χ1n) is 9.91. The maximum Gasteiger partial charge on any atom is 0.223 e. The van der Waals surface area contributed by atoms with E-state index in [-0.39, 0.29) is 11.8 Å². The Morgan fingerprint density at radius 3 is 2.30 bits per heavy atom. The van der Waals surface area contributed by atoms with Crippen LogP contribution >= 0.6 is 0 Å². The third-order valence-corrected chi connectivity index (χ3v) is 5.13. The van der Waals surface area contributed by atoms with Gasteiger partial charge in [0.25, 0.3) is 0 Å². The zero-order valence-electron chi connectivity index (χ0n) is 17.2. The summed E-state index contributed by atoms with van der Waals surface area (Å²) in [4.78, 5) is 30.2. The molecule has 6 heteroatoms. The van der Waals surface area contributed by atoms with E-state index in [1.807, 2.05) is 31.1 Å². The molecule has 0 radical (unpaired) electrons. The summed E-state index contributed by atoms with van der Waals surface area (Å²) >= 11 is 0. The maximum atomic E-state index is 12.1. The van der Waals surface area contributed by atoms with Crippen LogP contribution in [0.2, 0.25) is 0 Å². The van der Waals surface area contributed by atoms with E-state index in [4.69, 9.17) is 0 Å². The van der Waals surface area contributed by atoms with Gasteiger partial charge in [0.2, 0.25) is 11.8 Å². The second kappa shape index (κ2) is 10.3. The summed E-state index contributed by atoms with van der Waals surface area (Å²) in [6, 6.07) is 8.13. The molecule has 1 aromatic carbocycles. The largest absolute Gasteiger partial charge is 0.372 e. The smallest absolute Gasteiger partial charge is 0.223 e. The summed E-state index contributed by atoms with van der Waals surface area (Å²) in [5.41, 5.74) is 2.05. The quantitative estimate of drug-likeness (QED) is 0.759. The number of rotatable bonds is 8. The summed E-state index contributed by atoms with van der Waals surface area (Å²) in [6.07, 6.45) is 2.76. The lowest BCUT2D eigenvalue weighted by molar-refractivity contribution is -0.121. The second-order valence-electron chi connectivity index (χ2n) is 7.76. The summed E-state index contributed by atoms with van der Waals surface area (Å²) < 4.78 is 0. The lowest BCUT2D eigenvalue weighted by atomic mass is 9.99. The van der Waals surface area contributed by atoms with Gasteiger partial charge in [-0.3, -0.25) is 9.59 Å². The van der Waals surface area contributed by atoms with E-state index in [0.717, 1.165) is 31.2 Å². The van der Waals surface area contributed by atoms with Gasteiger partial charge >= 0.3 is 0 Å². The third kappa shape index (κ3) is 6.86. The Morgan fingerprint density at radius 2 is 1.74 bits per heavy atom. The molecular weight excluding hydrogens is 340 g/mol. The molecule has 150 valence electrons. The number of carbonyl (C=O) groups excluding carboxylic acids is 2. The van der Waals surface area contributed by atoms with Gasteiger partial charge in [-0.1, -0.05) is 6.92 Å². The summed E-state index contributed by atoms with van der Waals surface area (Å²) in [6.45, 7) is 7.84. The first kappa shape index (κ1) is 21.2. The second-order valence-corrected chi connectivity index (χ2v) is 7.76. The molecule has 0 spiro atoms. The standard InChI is InChI=1S/C21H34N4O2/c1-17-9-13-24(14-10-17)19-5-7-20(8-6-19)25(18(2)26)15-11-21(27)22-12-16-23(3)4/h5-8,17H,9-16H2,1-4H3,(H,22,27). The van der Waals surface area contributed by atoms with E-state index in [9.17, 15) is 9.59 Å². The van der Waals surface area contributed by atoms with Crippen LogP contribution in [0.15, 0.2) is 24.3 Å². The number of carbonyl (C=O) groups is 2. The minimum Gasteiger partial charge on any atom is -0.372 e.